The Morgan fingerprint density at radius 3 is 2.47 bits per heavy atom. The fraction of sp³-hybridized carbons (Fsp3) is 0.292. The second-order valence-corrected chi connectivity index (χ2v) is 7.56. The molecule has 30 heavy (non-hydrogen) atoms. The van der Waals surface area contributed by atoms with E-state index in [-0.39, 0.29) is 5.97 Å². The molecular weight excluding hydrogens is 402 g/mol. The number of aryl methyl sites for hydroxylation is 1. The van der Waals surface area contributed by atoms with E-state index in [0.717, 1.165) is 46.6 Å². The molecule has 0 N–H and O–H groups in total. The van der Waals surface area contributed by atoms with Crippen LogP contribution in [0.3, 0.4) is 0 Å². The van der Waals surface area contributed by atoms with Crippen LogP contribution in [0, 0.1) is 6.92 Å². The largest absolute Gasteiger partial charge is 0.493 e. The maximum absolute atomic E-state index is 13.2. The third-order valence-electron chi connectivity index (χ3n) is 5.62. The van der Waals surface area contributed by atoms with Crippen molar-refractivity contribution in [1.82, 2.24) is 4.57 Å². The van der Waals surface area contributed by atoms with Gasteiger partial charge in [0.1, 0.15) is 0 Å². The molecule has 4 rings (SSSR count). The molecule has 0 atom stereocenters. The SMILES string of the molecule is CCOC(=O)c1c(-c2ccccc2Cl)c(C)n2c1-c1cc(OC)c(OC)cc1CC2. The van der Waals surface area contributed by atoms with E-state index >= 15 is 0 Å². The minimum Gasteiger partial charge on any atom is -0.493 e. The number of benzene rings is 2. The zero-order valence-electron chi connectivity index (χ0n) is 17.5. The maximum atomic E-state index is 13.2. The van der Waals surface area contributed by atoms with Crippen LogP contribution < -0.4 is 9.47 Å². The van der Waals surface area contributed by atoms with Gasteiger partial charge in [0.05, 0.1) is 32.1 Å². The number of hydrogen-bond donors (Lipinski definition) is 0. The van der Waals surface area contributed by atoms with E-state index in [2.05, 4.69) is 4.57 Å². The summed E-state index contributed by atoms with van der Waals surface area (Å²) in [7, 11) is 3.23. The van der Waals surface area contributed by atoms with Gasteiger partial charge in [0.15, 0.2) is 11.5 Å². The van der Waals surface area contributed by atoms with Crippen LogP contribution in [-0.4, -0.2) is 31.4 Å². The fourth-order valence-electron chi connectivity index (χ4n) is 4.27. The molecule has 1 aliphatic rings. The Balaban J connectivity index is 2.06. The molecule has 0 unspecified atom stereocenters. The predicted octanol–water partition coefficient (Wildman–Crippen LogP) is 5.53. The van der Waals surface area contributed by atoms with Crippen LogP contribution in [0.15, 0.2) is 36.4 Å². The first kappa shape index (κ1) is 20.4. The second kappa shape index (κ2) is 8.07. The highest BCUT2D eigenvalue weighted by molar-refractivity contribution is 6.33. The average Bonchev–Trinajstić information content (AvgIpc) is 3.06. The minimum atomic E-state index is -0.355. The fourth-order valence-corrected chi connectivity index (χ4v) is 4.50. The molecule has 3 aromatic rings. The summed E-state index contributed by atoms with van der Waals surface area (Å²) in [4.78, 5) is 13.2. The Hall–Kier alpha value is -2.92. The number of carbonyl (C=O) groups is 1. The first-order valence-electron chi connectivity index (χ1n) is 9.92. The van der Waals surface area contributed by atoms with Crippen molar-refractivity contribution in [2.75, 3.05) is 20.8 Å². The summed E-state index contributed by atoms with van der Waals surface area (Å²) < 4.78 is 18.7. The summed E-state index contributed by atoms with van der Waals surface area (Å²) in [6.45, 7) is 4.88. The van der Waals surface area contributed by atoms with Crippen molar-refractivity contribution in [2.45, 2.75) is 26.8 Å². The van der Waals surface area contributed by atoms with Crippen molar-refractivity contribution in [2.24, 2.45) is 0 Å². The zero-order chi connectivity index (χ0) is 21.4. The molecular formula is C24H24ClNO4. The van der Waals surface area contributed by atoms with E-state index in [4.69, 9.17) is 25.8 Å². The van der Waals surface area contributed by atoms with Gasteiger partial charge in [-0.2, -0.15) is 0 Å². The number of carbonyl (C=O) groups excluding carboxylic acids is 1. The van der Waals surface area contributed by atoms with Crippen LogP contribution in [0.1, 0.15) is 28.5 Å². The Morgan fingerprint density at radius 1 is 1.10 bits per heavy atom. The first-order valence-corrected chi connectivity index (χ1v) is 10.3. The Labute approximate surface area is 181 Å². The van der Waals surface area contributed by atoms with Crippen molar-refractivity contribution in [1.29, 1.82) is 0 Å². The van der Waals surface area contributed by atoms with E-state index in [1.54, 1.807) is 14.2 Å². The Bertz CT molecular complexity index is 1130. The van der Waals surface area contributed by atoms with Gasteiger partial charge >= 0.3 is 5.97 Å². The highest BCUT2D eigenvalue weighted by Gasteiger charge is 2.32. The second-order valence-electron chi connectivity index (χ2n) is 7.15. The first-order chi connectivity index (χ1) is 14.5. The lowest BCUT2D eigenvalue weighted by Crippen LogP contribution is -2.15. The molecule has 0 spiro atoms. The van der Waals surface area contributed by atoms with Crippen molar-refractivity contribution in [3.63, 3.8) is 0 Å². The van der Waals surface area contributed by atoms with E-state index in [0.29, 0.717) is 28.7 Å². The monoisotopic (exact) mass is 425 g/mol. The maximum Gasteiger partial charge on any atom is 0.340 e. The van der Waals surface area contributed by atoms with Crippen LogP contribution in [0.5, 0.6) is 11.5 Å². The third kappa shape index (κ3) is 3.14. The normalized spacial score (nSPS) is 12.2. The van der Waals surface area contributed by atoms with Crippen molar-refractivity contribution < 1.29 is 19.0 Å². The average molecular weight is 426 g/mol. The van der Waals surface area contributed by atoms with Gasteiger partial charge in [-0.15, -0.1) is 0 Å². The summed E-state index contributed by atoms with van der Waals surface area (Å²) in [5.74, 6) is 0.946. The van der Waals surface area contributed by atoms with E-state index in [9.17, 15) is 4.79 Å². The van der Waals surface area contributed by atoms with Crippen molar-refractivity contribution >= 4 is 17.6 Å². The summed E-state index contributed by atoms with van der Waals surface area (Å²) in [6, 6.07) is 11.5. The van der Waals surface area contributed by atoms with Crippen LogP contribution in [0.25, 0.3) is 22.4 Å². The number of methoxy groups -OCH3 is 2. The molecule has 0 aliphatic carbocycles. The van der Waals surface area contributed by atoms with Gasteiger partial charge in [-0.25, -0.2) is 4.79 Å². The molecule has 0 amide bonds. The number of halogens is 1. The smallest absolute Gasteiger partial charge is 0.340 e. The lowest BCUT2D eigenvalue weighted by Gasteiger charge is -2.23. The van der Waals surface area contributed by atoms with Crippen LogP contribution in [-0.2, 0) is 17.7 Å². The van der Waals surface area contributed by atoms with Gasteiger partial charge in [0.2, 0.25) is 0 Å². The van der Waals surface area contributed by atoms with E-state index in [1.165, 1.54) is 0 Å². The Morgan fingerprint density at radius 2 is 1.80 bits per heavy atom. The van der Waals surface area contributed by atoms with Gasteiger partial charge < -0.3 is 18.8 Å². The molecule has 0 bridgehead atoms. The van der Waals surface area contributed by atoms with Crippen LogP contribution in [0.4, 0.5) is 0 Å². The molecule has 1 aromatic heterocycles. The number of esters is 1. The number of hydrogen-bond acceptors (Lipinski definition) is 4. The number of ether oxygens (including phenoxy) is 3. The lowest BCUT2D eigenvalue weighted by atomic mass is 9.93. The quantitative estimate of drug-likeness (QED) is 0.504. The number of rotatable bonds is 5. The molecule has 0 fully saturated rings. The molecule has 0 saturated heterocycles. The molecule has 0 saturated carbocycles. The summed E-state index contributed by atoms with van der Waals surface area (Å²) in [5.41, 5.74) is 6.05. The highest BCUT2D eigenvalue weighted by atomic mass is 35.5. The van der Waals surface area contributed by atoms with Crippen molar-refractivity contribution in [3.8, 4) is 33.9 Å². The van der Waals surface area contributed by atoms with Gasteiger partial charge in [-0.05, 0) is 44.0 Å². The van der Waals surface area contributed by atoms with Gasteiger partial charge in [0.25, 0.3) is 0 Å². The number of aromatic nitrogens is 1. The van der Waals surface area contributed by atoms with E-state index < -0.39 is 0 Å². The lowest BCUT2D eigenvalue weighted by molar-refractivity contribution is 0.0528. The van der Waals surface area contributed by atoms with Crippen LogP contribution >= 0.6 is 11.6 Å². The minimum absolute atomic E-state index is 0.295. The molecule has 0 radical (unpaired) electrons. The van der Waals surface area contributed by atoms with Gasteiger partial charge in [0, 0.05) is 34.0 Å². The number of fused-ring (bicyclic) bond motifs is 3. The summed E-state index contributed by atoms with van der Waals surface area (Å²) in [6.07, 6.45) is 0.822. The topological polar surface area (TPSA) is 49.7 Å². The molecule has 2 aromatic carbocycles. The number of nitrogens with zero attached hydrogens (tertiary/aromatic N) is 1. The van der Waals surface area contributed by atoms with Gasteiger partial charge in [-0.3, -0.25) is 0 Å². The molecule has 2 heterocycles. The standard InChI is InChI=1S/C24H24ClNO4/c1-5-30-24(27)22-21(16-8-6-7-9-18(16)25)14(2)26-11-10-15-12-19(28-3)20(29-4)13-17(15)23(22)26/h6-9,12-13H,5,10-11H2,1-4H3. The van der Waals surface area contributed by atoms with Crippen LogP contribution in [0.2, 0.25) is 5.02 Å². The van der Waals surface area contributed by atoms with E-state index in [1.807, 2.05) is 50.2 Å². The third-order valence-corrected chi connectivity index (χ3v) is 5.94. The Kier molecular flexibility index (Phi) is 5.48. The highest BCUT2D eigenvalue weighted by Crippen LogP contribution is 2.46. The molecule has 1 aliphatic heterocycles. The predicted molar refractivity (Wildman–Crippen MR) is 118 cm³/mol. The summed E-state index contributed by atoms with van der Waals surface area (Å²) in [5, 5.41) is 0.599. The molecule has 6 heteroatoms. The molecule has 156 valence electrons. The molecule has 5 nitrogen and oxygen atoms in total. The zero-order valence-corrected chi connectivity index (χ0v) is 18.3. The van der Waals surface area contributed by atoms with Gasteiger partial charge in [-0.1, -0.05) is 29.8 Å². The van der Waals surface area contributed by atoms with Crippen molar-refractivity contribution in [3.05, 3.63) is 58.2 Å². The summed E-state index contributed by atoms with van der Waals surface area (Å²) >= 11 is 6.54.